The van der Waals surface area contributed by atoms with Crippen molar-refractivity contribution in [3.8, 4) is 0 Å². The molecule has 1 saturated heterocycles. The largest absolute Gasteiger partial charge is 0.394 e. The average molecular weight is 688 g/mol. The second-order valence-corrected chi connectivity index (χ2v) is 14.4. The summed E-state index contributed by atoms with van der Waals surface area (Å²) in [7, 11) is 0. The highest BCUT2D eigenvalue weighted by Crippen LogP contribution is 2.23. The molecule has 0 spiro atoms. The van der Waals surface area contributed by atoms with Crippen molar-refractivity contribution >= 4 is 5.91 Å². The van der Waals surface area contributed by atoms with E-state index >= 15 is 0 Å². The number of aliphatic hydroxyl groups excluding tert-OH is 5. The van der Waals surface area contributed by atoms with Gasteiger partial charge in [0.25, 0.3) is 0 Å². The monoisotopic (exact) mass is 688 g/mol. The standard InChI is InChI=1S/C39H77NO8/c1-3-5-7-8-9-10-11-12-13-14-15-16-17-18-19-20-21-22-23-24-25-26-27-28-33(42)32(40-35(43)29-6-4-2)31-47-39-38(46)37(45)36(44)34(30-41)48-39/h32-34,36-39,41-42,44-46H,3-31H2,1-2H3,(H,40,43). The van der Waals surface area contributed by atoms with Crippen molar-refractivity contribution in [2.45, 2.75) is 230 Å². The lowest BCUT2D eigenvalue weighted by Crippen LogP contribution is -2.60. The molecule has 1 amide bonds. The van der Waals surface area contributed by atoms with E-state index in [0.29, 0.717) is 12.8 Å². The van der Waals surface area contributed by atoms with Crippen LogP contribution in [0.15, 0.2) is 0 Å². The number of hydrogen-bond acceptors (Lipinski definition) is 8. The first-order valence-electron chi connectivity index (χ1n) is 20.2. The quantitative estimate of drug-likeness (QED) is 0.0396. The molecule has 0 aromatic rings. The van der Waals surface area contributed by atoms with E-state index in [1.165, 1.54) is 128 Å². The molecule has 1 aliphatic rings. The van der Waals surface area contributed by atoms with Crippen molar-refractivity contribution in [3.63, 3.8) is 0 Å². The number of unbranched alkanes of at least 4 members (excludes halogenated alkanes) is 23. The van der Waals surface area contributed by atoms with Crippen LogP contribution in [0.4, 0.5) is 0 Å². The molecule has 0 aromatic heterocycles. The lowest BCUT2D eigenvalue weighted by molar-refractivity contribution is -0.302. The number of carbonyl (C=O) groups is 1. The molecule has 1 rings (SSSR count). The fourth-order valence-electron chi connectivity index (χ4n) is 6.61. The smallest absolute Gasteiger partial charge is 0.220 e. The average Bonchev–Trinajstić information content (AvgIpc) is 3.09. The van der Waals surface area contributed by atoms with Gasteiger partial charge < -0.3 is 40.3 Å². The van der Waals surface area contributed by atoms with Crippen LogP contribution in [0.3, 0.4) is 0 Å². The van der Waals surface area contributed by atoms with Gasteiger partial charge in [0.2, 0.25) is 5.91 Å². The summed E-state index contributed by atoms with van der Waals surface area (Å²) in [6, 6.07) is -0.707. The zero-order chi connectivity index (χ0) is 35.2. The van der Waals surface area contributed by atoms with Crippen LogP contribution in [-0.2, 0) is 14.3 Å². The van der Waals surface area contributed by atoms with Gasteiger partial charge in [-0.2, -0.15) is 0 Å². The van der Waals surface area contributed by atoms with Gasteiger partial charge in [0.15, 0.2) is 6.29 Å². The Hall–Kier alpha value is -0.810. The summed E-state index contributed by atoms with van der Waals surface area (Å²) in [6.45, 7) is 3.60. The van der Waals surface area contributed by atoms with E-state index in [9.17, 15) is 30.3 Å². The van der Waals surface area contributed by atoms with E-state index in [1.807, 2.05) is 6.92 Å². The molecule has 1 heterocycles. The molecule has 7 unspecified atom stereocenters. The fourth-order valence-corrected chi connectivity index (χ4v) is 6.61. The molecular formula is C39H77NO8. The highest BCUT2D eigenvalue weighted by molar-refractivity contribution is 5.76. The van der Waals surface area contributed by atoms with Gasteiger partial charge in [-0.1, -0.05) is 168 Å². The molecule has 6 N–H and O–H groups in total. The number of rotatable bonds is 33. The Morgan fingerprint density at radius 3 is 1.46 bits per heavy atom. The predicted octanol–water partition coefficient (Wildman–Crippen LogP) is 7.22. The van der Waals surface area contributed by atoms with Crippen molar-refractivity contribution < 1.29 is 39.8 Å². The summed E-state index contributed by atoms with van der Waals surface area (Å²) in [5, 5.41) is 53.5. The van der Waals surface area contributed by atoms with Crippen LogP contribution in [0.2, 0.25) is 0 Å². The molecule has 0 aliphatic carbocycles. The summed E-state index contributed by atoms with van der Waals surface area (Å²) >= 11 is 0. The molecule has 1 aliphatic heterocycles. The minimum absolute atomic E-state index is 0.138. The maximum Gasteiger partial charge on any atom is 0.220 e. The minimum Gasteiger partial charge on any atom is -0.394 e. The Morgan fingerprint density at radius 1 is 0.625 bits per heavy atom. The SMILES string of the molecule is CCCCCCCCCCCCCCCCCCCCCCCCCC(O)C(COC1OC(CO)C(O)C(O)C1O)NC(=O)CCCC. The van der Waals surface area contributed by atoms with E-state index in [4.69, 9.17) is 9.47 Å². The maximum absolute atomic E-state index is 12.4. The number of ether oxygens (including phenoxy) is 2. The lowest BCUT2D eigenvalue weighted by atomic mass is 9.99. The Labute approximate surface area is 294 Å². The molecule has 1 fully saturated rings. The van der Waals surface area contributed by atoms with E-state index in [1.54, 1.807) is 0 Å². The van der Waals surface area contributed by atoms with Gasteiger partial charge in [-0.05, 0) is 12.8 Å². The van der Waals surface area contributed by atoms with Crippen molar-refractivity contribution in [3.05, 3.63) is 0 Å². The summed E-state index contributed by atoms with van der Waals surface area (Å²) in [5.41, 5.74) is 0. The third kappa shape index (κ3) is 22.1. The topological polar surface area (TPSA) is 149 Å². The van der Waals surface area contributed by atoms with Crippen LogP contribution in [0.25, 0.3) is 0 Å². The molecule has 0 saturated carbocycles. The Bertz CT molecular complexity index is 726. The van der Waals surface area contributed by atoms with Crippen molar-refractivity contribution in [2.75, 3.05) is 13.2 Å². The number of nitrogens with one attached hydrogen (secondary N) is 1. The number of aliphatic hydroxyl groups is 5. The van der Waals surface area contributed by atoms with Gasteiger partial charge in [0.05, 0.1) is 25.4 Å². The fraction of sp³-hybridized carbons (Fsp3) is 0.974. The van der Waals surface area contributed by atoms with E-state index in [-0.39, 0.29) is 12.5 Å². The molecule has 0 radical (unpaired) electrons. The molecule has 9 nitrogen and oxygen atoms in total. The highest BCUT2D eigenvalue weighted by Gasteiger charge is 2.44. The zero-order valence-electron chi connectivity index (χ0n) is 31.0. The third-order valence-electron chi connectivity index (χ3n) is 9.96. The van der Waals surface area contributed by atoms with Gasteiger partial charge in [0.1, 0.15) is 24.4 Å². The van der Waals surface area contributed by atoms with Crippen LogP contribution in [0, 0.1) is 0 Å². The van der Waals surface area contributed by atoms with E-state index in [2.05, 4.69) is 12.2 Å². The highest BCUT2D eigenvalue weighted by atomic mass is 16.7. The van der Waals surface area contributed by atoms with Crippen LogP contribution in [-0.4, -0.2) is 87.5 Å². The van der Waals surface area contributed by atoms with Crippen LogP contribution < -0.4 is 5.32 Å². The van der Waals surface area contributed by atoms with Crippen molar-refractivity contribution in [2.24, 2.45) is 0 Å². The van der Waals surface area contributed by atoms with Gasteiger partial charge in [-0.15, -0.1) is 0 Å². The second kappa shape index (κ2) is 31.0. The number of carbonyl (C=O) groups excluding carboxylic acids is 1. The molecule has 0 aromatic carbocycles. The van der Waals surface area contributed by atoms with Crippen molar-refractivity contribution in [1.29, 1.82) is 0 Å². The van der Waals surface area contributed by atoms with Gasteiger partial charge in [-0.3, -0.25) is 4.79 Å². The van der Waals surface area contributed by atoms with Crippen molar-refractivity contribution in [1.82, 2.24) is 5.32 Å². The van der Waals surface area contributed by atoms with Crippen LogP contribution in [0.5, 0.6) is 0 Å². The normalized spacial score (nSPS) is 22.5. The minimum atomic E-state index is -1.54. The van der Waals surface area contributed by atoms with Crippen LogP contribution in [0.1, 0.15) is 187 Å². The Balaban J connectivity index is 2.09. The van der Waals surface area contributed by atoms with Crippen LogP contribution >= 0.6 is 0 Å². The molecule has 9 heteroatoms. The second-order valence-electron chi connectivity index (χ2n) is 14.4. The summed E-state index contributed by atoms with van der Waals surface area (Å²) in [5.74, 6) is -0.178. The third-order valence-corrected chi connectivity index (χ3v) is 9.96. The first kappa shape index (κ1) is 45.2. The number of hydrogen-bond donors (Lipinski definition) is 6. The molecule has 0 bridgehead atoms. The summed E-state index contributed by atoms with van der Waals surface area (Å²) in [4.78, 5) is 12.4. The molecule has 7 atom stereocenters. The first-order valence-corrected chi connectivity index (χ1v) is 20.2. The Morgan fingerprint density at radius 2 is 1.04 bits per heavy atom. The first-order chi connectivity index (χ1) is 23.3. The lowest BCUT2D eigenvalue weighted by Gasteiger charge is -2.40. The molecule has 286 valence electrons. The van der Waals surface area contributed by atoms with Gasteiger partial charge in [-0.25, -0.2) is 0 Å². The summed E-state index contributed by atoms with van der Waals surface area (Å²) in [6.07, 6.45) is 25.3. The predicted molar refractivity (Wildman–Crippen MR) is 194 cm³/mol. The zero-order valence-corrected chi connectivity index (χ0v) is 31.0. The maximum atomic E-state index is 12.4. The molecule has 48 heavy (non-hydrogen) atoms. The number of amides is 1. The van der Waals surface area contributed by atoms with E-state index in [0.717, 1.165) is 32.1 Å². The van der Waals surface area contributed by atoms with Gasteiger partial charge in [0, 0.05) is 6.42 Å². The summed E-state index contributed by atoms with van der Waals surface area (Å²) < 4.78 is 11.1. The van der Waals surface area contributed by atoms with Gasteiger partial charge >= 0.3 is 0 Å². The Kier molecular flexibility index (Phi) is 29.2. The van der Waals surface area contributed by atoms with E-state index < -0.39 is 49.5 Å². The molecular weight excluding hydrogens is 610 g/mol.